The maximum Gasteiger partial charge on any atom is 0.228 e. The predicted molar refractivity (Wildman–Crippen MR) is 121 cm³/mol. The summed E-state index contributed by atoms with van der Waals surface area (Å²) in [5.41, 5.74) is 1.19. The van der Waals surface area contributed by atoms with Gasteiger partial charge in [0.15, 0.2) is 0 Å². The summed E-state index contributed by atoms with van der Waals surface area (Å²) in [6, 6.07) is 5.45. The van der Waals surface area contributed by atoms with E-state index in [0.717, 1.165) is 25.7 Å². The lowest BCUT2D eigenvalue weighted by molar-refractivity contribution is -0.133. The molecule has 0 N–H and O–H groups in total. The summed E-state index contributed by atoms with van der Waals surface area (Å²) < 4.78 is 47.4. The summed E-state index contributed by atoms with van der Waals surface area (Å²) in [6.07, 6.45) is 5.10. The number of benzene rings is 1. The molecule has 0 spiro atoms. The number of hydrogen-bond acceptors (Lipinski definition) is 5. The summed E-state index contributed by atoms with van der Waals surface area (Å²) in [4.78, 5) is 19.0. The molecular formula is C24H32FN3O4S. The van der Waals surface area contributed by atoms with Crippen LogP contribution in [0.2, 0.25) is 0 Å². The SMILES string of the molecule is CC(C)CN(Cc1cnc(S(=O)(=O)Cc2ccc(F)cc2)n1CC1CCCO1)C(=O)C1CC1. The van der Waals surface area contributed by atoms with Crippen LogP contribution in [0.15, 0.2) is 35.6 Å². The molecule has 1 saturated heterocycles. The van der Waals surface area contributed by atoms with Gasteiger partial charge in [0.2, 0.25) is 20.9 Å². The number of carbonyl (C=O) groups is 1. The highest BCUT2D eigenvalue weighted by atomic mass is 32.2. The van der Waals surface area contributed by atoms with Crippen LogP contribution in [0.25, 0.3) is 0 Å². The Hall–Kier alpha value is -2.26. The second-order valence-electron chi connectivity index (χ2n) is 9.55. The van der Waals surface area contributed by atoms with Gasteiger partial charge in [0.1, 0.15) is 5.82 Å². The van der Waals surface area contributed by atoms with Gasteiger partial charge in [0.05, 0.1) is 36.8 Å². The molecule has 9 heteroatoms. The number of aromatic nitrogens is 2. The topological polar surface area (TPSA) is 81.5 Å². The van der Waals surface area contributed by atoms with Crippen LogP contribution in [0, 0.1) is 17.7 Å². The van der Waals surface area contributed by atoms with Crippen molar-refractivity contribution in [3.05, 3.63) is 47.5 Å². The molecule has 1 saturated carbocycles. The Morgan fingerprint density at radius 2 is 1.97 bits per heavy atom. The van der Waals surface area contributed by atoms with Crippen molar-refractivity contribution in [1.29, 1.82) is 0 Å². The number of carbonyl (C=O) groups excluding carboxylic acids is 1. The van der Waals surface area contributed by atoms with Crippen molar-refractivity contribution < 1.29 is 22.3 Å². The number of ether oxygens (including phenoxy) is 1. The first-order chi connectivity index (χ1) is 15.7. The molecule has 0 bridgehead atoms. The zero-order chi connectivity index (χ0) is 23.6. The van der Waals surface area contributed by atoms with Crippen molar-refractivity contribution in [2.24, 2.45) is 11.8 Å². The van der Waals surface area contributed by atoms with Gasteiger partial charge in [-0.2, -0.15) is 0 Å². The fraction of sp³-hybridized carbons (Fsp3) is 0.583. The van der Waals surface area contributed by atoms with Crippen molar-refractivity contribution in [2.75, 3.05) is 13.2 Å². The normalized spacial score (nSPS) is 18.7. The van der Waals surface area contributed by atoms with Crippen LogP contribution in [0.4, 0.5) is 4.39 Å². The summed E-state index contributed by atoms with van der Waals surface area (Å²) in [5, 5.41) is -0.0271. The van der Waals surface area contributed by atoms with E-state index in [1.807, 2.05) is 4.90 Å². The van der Waals surface area contributed by atoms with Crippen LogP contribution >= 0.6 is 0 Å². The molecular weight excluding hydrogens is 445 g/mol. The van der Waals surface area contributed by atoms with E-state index in [-0.39, 0.29) is 28.8 Å². The molecule has 1 atom stereocenters. The Balaban J connectivity index is 1.63. The molecule has 2 aromatic rings. The number of rotatable bonds is 10. The summed E-state index contributed by atoms with van der Waals surface area (Å²) >= 11 is 0. The molecule has 7 nitrogen and oxygen atoms in total. The standard InChI is InChI=1S/C24H32FN3O4S/c1-17(2)13-27(23(29)19-7-8-19)14-21-12-26-24(28(21)15-22-4-3-11-32-22)33(30,31)16-18-5-9-20(25)10-6-18/h5-6,9-10,12,17,19,22H,3-4,7-8,11,13-16H2,1-2H3. The highest BCUT2D eigenvalue weighted by Crippen LogP contribution is 2.32. The number of nitrogens with zero attached hydrogens (tertiary/aromatic N) is 3. The van der Waals surface area contributed by atoms with E-state index in [4.69, 9.17) is 4.74 Å². The minimum Gasteiger partial charge on any atom is -0.376 e. The van der Waals surface area contributed by atoms with Crippen LogP contribution in [0.1, 0.15) is 50.8 Å². The average Bonchev–Trinajstić information content (AvgIpc) is 3.34. The van der Waals surface area contributed by atoms with E-state index in [1.165, 1.54) is 24.3 Å². The van der Waals surface area contributed by atoms with E-state index in [0.29, 0.717) is 43.4 Å². The number of sulfone groups is 1. The molecule has 2 fully saturated rings. The lowest BCUT2D eigenvalue weighted by atomic mass is 10.2. The Bertz CT molecular complexity index is 1070. The van der Waals surface area contributed by atoms with Gasteiger partial charge in [0, 0.05) is 19.1 Å². The smallest absolute Gasteiger partial charge is 0.228 e. The number of amides is 1. The van der Waals surface area contributed by atoms with E-state index in [1.54, 1.807) is 10.8 Å². The summed E-state index contributed by atoms with van der Waals surface area (Å²) in [7, 11) is -3.79. The van der Waals surface area contributed by atoms with Gasteiger partial charge in [-0.25, -0.2) is 17.8 Å². The summed E-state index contributed by atoms with van der Waals surface area (Å²) in [6.45, 7) is 6.09. The molecule has 1 aliphatic carbocycles. The second kappa shape index (κ2) is 9.93. The molecule has 1 aliphatic heterocycles. The minimum absolute atomic E-state index is 0.0271. The van der Waals surface area contributed by atoms with E-state index >= 15 is 0 Å². The van der Waals surface area contributed by atoms with Gasteiger partial charge in [-0.15, -0.1) is 0 Å². The maximum atomic E-state index is 13.3. The van der Waals surface area contributed by atoms with Crippen molar-refractivity contribution in [1.82, 2.24) is 14.5 Å². The molecule has 2 aliphatic rings. The monoisotopic (exact) mass is 477 g/mol. The van der Waals surface area contributed by atoms with Gasteiger partial charge in [0.25, 0.3) is 0 Å². The van der Waals surface area contributed by atoms with E-state index in [2.05, 4.69) is 18.8 Å². The fourth-order valence-corrected chi connectivity index (χ4v) is 5.78. The molecule has 2 heterocycles. The zero-order valence-corrected chi connectivity index (χ0v) is 20.1. The van der Waals surface area contributed by atoms with Crippen molar-refractivity contribution in [3.63, 3.8) is 0 Å². The van der Waals surface area contributed by atoms with Crippen LogP contribution < -0.4 is 0 Å². The highest BCUT2D eigenvalue weighted by molar-refractivity contribution is 7.90. The predicted octanol–water partition coefficient (Wildman–Crippen LogP) is 3.57. The first kappa shape index (κ1) is 23.9. The van der Waals surface area contributed by atoms with Crippen LogP contribution in [-0.4, -0.2) is 48.0 Å². The highest BCUT2D eigenvalue weighted by Gasteiger charge is 2.35. The number of imidazole rings is 1. The van der Waals surface area contributed by atoms with Gasteiger partial charge < -0.3 is 14.2 Å². The first-order valence-corrected chi connectivity index (χ1v) is 13.3. The Morgan fingerprint density at radius 3 is 2.58 bits per heavy atom. The van der Waals surface area contributed by atoms with E-state index in [9.17, 15) is 17.6 Å². The molecule has 1 aromatic heterocycles. The maximum absolute atomic E-state index is 13.3. The van der Waals surface area contributed by atoms with Gasteiger partial charge in [-0.05, 0) is 49.3 Å². The second-order valence-corrected chi connectivity index (χ2v) is 11.4. The third kappa shape index (κ3) is 6.00. The lowest BCUT2D eigenvalue weighted by Gasteiger charge is -2.26. The van der Waals surface area contributed by atoms with Crippen molar-refractivity contribution in [2.45, 2.75) is 69.6 Å². The molecule has 180 valence electrons. The average molecular weight is 478 g/mol. The van der Waals surface area contributed by atoms with Gasteiger partial charge >= 0.3 is 0 Å². The van der Waals surface area contributed by atoms with E-state index < -0.39 is 15.7 Å². The molecule has 33 heavy (non-hydrogen) atoms. The fourth-order valence-electron chi connectivity index (χ4n) is 4.28. The van der Waals surface area contributed by atoms with Gasteiger partial charge in [-0.3, -0.25) is 4.79 Å². The number of hydrogen-bond donors (Lipinski definition) is 0. The van der Waals surface area contributed by atoms with Crippen molar-refractivity contribution in [3.8, 4) is 0 Å². The van der Waals surface area contributed by atoms with Gasteiger partial charge in [-0.1, -0.05) is 26.0 Å². The minimum atomic E-state index is -3.79. The lowest BCUT2D eigenvalue weighted by Crippen LogP contribution is -2.36. The Morgan fingerprint density at radius 1 is 1.24 bits per heavy atom. The van der Waals surface area contributed by atoms with Crippen LogP contribution in [0.5, 0.6) is 0 Å². The largest absolute Gasteiger partial charge is 0.376 e. The Labute approximate surface area is 194 Å². The van der Waals surface area contributed by atoms with Crippen molar-refractivity contribution >= 4 is 15.7 Å². The Kier molecular flexibility index (Phi) is 7.19. The quantitative estimate of drug-likeness (QED) is 0.523. The zero-order valence-electron chi connectivity index (χ0n) is 19.2. The third-order valence-corrected chi connectivity index (χ3v) is 7.63. The molecule has 1 unspecified atom stereocenters. The van der Waals surface area contributed by atoms with Crippen LogP contribution in [0.3, 0.4) is 0 Å². The van der Waals surface area contributed by atoms with Crippen LogP contribution in [-0.2, 0) is 38.2 Å². The number of halogens is 1. The molecule has 1 aromatic carbocycles. The third-order valence-electron chi connectivity index (χ3n) is 6.04. The molecule has 1 amide bonds. The summed E-state index contributed by atoms with van der Waals surface area (Å²) in [5.74, 6) is -0.177. The molecule has 4 rings (SSSR count). The molecule has 0 radical (unpaired) electrons. The first-order valence-electron chi connectivity index (χ1n) is 11.6.